The predicted octanol–water partition coefficient (Wildman–Crippen LogP) is -1.60. The van der Waals surface area contributed by atoms with E-state index in [0.29, 0.717) is 7.05 Å². The molecule has 0 aromatic carbocycles. The minimum Gasteiger partial charge on any atom is -0.543 e. The summed E-state index contributed by atoms with van der Waals surface area (Å²) in [6, 6.07) is 0. The minimum absolute atomic E-state index is 0.123. The fourth-order valence-electron chi connectivity index (χ4n) is 0.260. The molecule has 0 fully saturated rings. The summed E-state index contributed by atoms with van der Waals surface area (Å²) in [5.74, 6) is -1.84. The SMILES string of the molecule is C=C(C(=O)[O-])N(C)S(=O)(=O)F. The number of carbonyl (C=O) groups is 1. The van der Waals surface area contributed by atoms with E-state index in [2.05, 4.69) is 6.58 Å². The summed E-state index contributed by atoms with van der Waals surface area (Å²) in [5, 5.41) is 9.90. The molecule has 0 aliphatic carbocycles. The molecule has 0 saturated carbocycles. The van der Waals surface area contributed by atoms with Crippen LogP contribution in [-0.2, 0) is 15.2 Å². The lowest BCUT2D eigenvalue weighted by Crippen LogP contribution is -2.34. The zero-order valence-corrected chi connectivity index (χ0v) is 6.39. The molecule has 0 N–H and O–H groups in total. The van der Waals surface area contributed by atoms with Crippen LogP contribution in [0.2, 0.25) is 0 Å². The fourth-order valence-corrected chi connectivity index (χ4v) is 0.598. The molecule has 64 valence electrons. The molecule has 0 radical (unpaired) electrons. The minimum atomic E-state index is -5.03. The quantitative estimate of drug-likeness (QED) is 0.389. The van der Waals surface area contributed by atoms with Gasteiger partial charge in [-0.3, -0.25) is 0 Å². The maximum Gasteiger partial charge on any atom is 0.399 e. The summed E-state index contributed by atoms with van der Waals surface area (Å²) in [7, 11) is -4.32. The van der Waals surface area contributed by atoms with E-state index in [4.69, 9.17) is 0 Å². The van der Waals surface area contributed by atoms with Crippen molar-refractivity contribution in [2.75, 3.05) is 7.05 Å². The number of rotatable bonds is 3. The van der Waals surface area contributed by atoms with Gasteiger partial charge in [-0.1, -0.05) is 10.5 Å². The first-order valence-electron chi connectivity index (χ1n) is 2.35. The van der Waals surface area contributed by atoms with Crippen molar-refractivity contribution in [1.29, 1.82) is 0 Å². The molecule has 0 rings (SSSR count). The number of hydrogen-bond donors (Lipinski definition) is 0. The molecule has 11 heavy (non-hydrogen) atoms. The third kappa shape index (κ3) is 2.54. The van der Waals surface area contributed by atoms with Crippen LogP contribution in [-0.4, -0.2) is 25.7 Å². The topological polar surface area (TPSA) is 77.5 Å². The molecular formula is C4H5FNO4S-. The standard InChI is InChI=1S/C4H6FNO4S/c1-3(4(7)8)6(2)11(5,9)10/h1H2,2H3,(H,7,8)/p-1. The Morgan fingerprint density at radius 3 is 2.09 bits per heavy atom. The molecule has 0 heterocycles. The van der Waals surface area contributed by atoms with Crippen LogP contribution in [0.3, 0.4) is 0 Å². The highest BCUT2D eigenvalue weighted by atomic mass is 32.3. The highest BCUT2D eigenvalue weighted by Gasteiger charge is 2.17. The van der Waals surface area contributed by atoms with Crippen LogP contribution in [0.15, 0.2) is 12.3 Å². The van der Waals surface area contributed by atoms with Crippen molar-refractivity contribution in [3.05, 3.63) is 12.3 Å². The monoisotopic (exact) mass is 182 g/mol. The first-order valence-corrected chi connectivity index (χ1v) is 3.69. The van der Waals surface area contributed by atoms with Gasteiger partial charge < -0.3 is 9.90 Å². The second-order valence-corrected chi connectivity index (χ2v) is 3.02. The van der Waals surface area contributed by atoms with E-state index in [0.717, 1.165) is 0 Å². The number of hydrogen-bond acceptors (Lipinski definition) is 4. The molecule has 7 heteroatoms. The third-order valence-electron chi connectivity index (χ3n) is 0.943. The second-order valence-electron chi connectivity index (χ2n) is 1.64. The van der Waals surface area contributed by atoms with Crippen molar-refractivity contribution in [2.24, 2.45) is 0 Å². The molecule has 0 aliphatic heterocycles. The number of likely N-dealkylation sites (N-methyl/N-ethyl adjacent to an activating group) is 1. The van der Waals surface area contributed by atoms with Gasteiger partial charge >= 0.3 is 10.4 Å². The zero-order chi connectivity index (χ0) is 9.23. The lowest BCUT2D eigenvalue weighted by molar-refractivity contribution is -0.300. The fraction of sp³-hybridized carbons (Fsp3) is 0.250. The van der Waals surface area contributed by atoms with Crippen molar-refractivity contribution in [3.8, 4) is 0 Å². The molecule has 0 atom stereocenters. The average molecular weight is 182 g/mol. The van der Waals surface area contributed by atoms with Crippen LogP contribution >= 0.6 is 0 Å². The summed E-state index contributed by atoms with van der Waals surface area (Å²) < 4.78 is 31.8. The molecule has 0 aromatic rings. The van der Waals surface area contributed by atoms with Crippen LogP contribution < -0.4 is 5.11 Å². The normalized spacial score (nSPS) is 10.7. The molecular weight excluding hydrogens is 177 g/mol. The summed E-state index contributed by atoms with van der Waals surface area (Å²) in [6.07, 6.45) is 0. The molecule has 0 aromatic heterocycles. The first-order chi connectivity index (χ1) is 4.76. The highest BCUT2D eigenvalue weighted by molar-refractivity contribution is 7.84. The number of halogens is 1. The Hall–Kier alpha value is -1.11. The molecule has 0 unspecified atom stereocenters. The van der Waals surface area contributed by atoms with Crippen molar-refractivity contribution >= 4 is 16.4 Å². The van der Waals surface area contributed by atoms with Gasteiger partial charge in [-0.15, -0.1) is 0 Å². The predicted molar refractivity (Wildman–Crippen MR) is 31.9 cm³/mol. The van der Waals surface area contributed by atoms with Gasteiger partial charge in [0.05, 0.1) is 11.7 Å². The van der Waals surface area contributed by atoms with Crippen LogP contribution in [0.4, 0.5) is 3.89 Å². The van der Waals surface area contributed by atoms with Crippen LogP contribution in [0.5, 0.6) is 0 Å². The molecule has 0 saturated heterocycles. The van der Waals surface area contributed by atoms with Crippen LogP contribution in [0, 0.1) is 0 Å². The largest absolute Gasteiger partial charge is 0.543 e. The van der Waals surface area contributed by atoms with Crippen LogP contribution in [0.25, 0.3) is 0 Å². The van der Waals surface area contributed by atoms with Crippen molar-refractivity contribution in [1.82, 2.24) is 4.31 Å². The van der Waals surface area contributed by atoms with Crippen molar-refractivity contribution in [2.45, 2.75) is 0 Å². The summed E-state index contributed by atoms with van der Waals surface area (Å²) in [4.78, 5) is 9.90. The van der Waals surface area contributed by atoms with Crippen molar-refractivity contribution < 1.29 is 22.2 Å². The highest BCUT2D eigenvalue weighted by Crippen LogP contribution is 2.05. The van der Waals surface area contributed by atoms with Gasteiger partial charge in [-0.05, 0) is 0 Å². The van der Waals surface area contributed by atoms with Gasteiger partial charge in [0.2, 0.25) is 0 Å². The van der Waals surface area contributed by atoms with E-state index >= 15 is 0 Å². The number of carboxylic acids is 1. The smallest absolute Gasteiger partial charge is 0.399 e. The van der Waals surface area contributed by atoms with E-state index in [9.17, 15) is 22.2 Å². The van der Waals surface area contributed by atoms with Gasteiger partial charge in [0.25, 0.3) is 0 Å². The number of nitrogens with zero attached hydrogens (tertiary/aromatic N) is 1. The van der Waals surface area contributed by atoms with Crippen molar-refractivity contribution in [3.63, 3.8) is 0 Å². The lowest BCUT2D eigenvalue weighted by Gasteiger charge is -2.16. The second kappa shape index (κ2) is 2.87. The number of carboxylic acid groups (broad SMARTS) is 1. The lowest BCUT2D eigenvalue weighted by atomic mass is 10.5. The van der Waals surface area contributed by atoms with E-state index in [1.54, 1.807) is 0 Å². The summed E-state index contributed by atoms with van der Waals surface area (Å²) in [6.45, 7) is 2.77. The first kappa shape index (κ1) is 9.89. The molecule has 0 amide bonds. The molecule has 0 bridgehead atoms. The van der Waals surface area contributed by atoms with Gasteiger partial charge in [0, 0.05) is 7.05 Å². The Morgan fingerprint density at radius 1 is 1.64 bits per heavy atom. The molecule has 0 aliphatic rings. The average Bonchev–Trinajstić information content (AvgIpc) is 1.82. The van der Waals surface area contributed by atoms with Crippen LogP contribution in [0.1, 0.15) is 0 Å². The Morgan fingerprint density at radius 2 is 2.00 bits per heavy atom. The maximum atomic E-state index is 11.9. The van der Waals surface area contributed by atoms with E-state index in [-0.39, 0.29) is 4.31 Å². The Kier molecular flexibility index (Phi) is 2.58. The Balaban J connectivity index is 4.66. The third-order valence-corrected chi connectivity index (χ3v) is 1.82. The summed E-state index contributed by atoms with van der Waals surface area (Å²) in [5.41, 5.74) is -0.951. The number of aliphatic carboxylic acids is 1. The zero-order valence-electron chi connectivity index (χ0n) is 5.57. The number of carbonyl (C=O) groups excluding carboxylic acids is 1. The van der Waals surface area contributed by atoms with E-state index < -0.39 is 22.1 Å². The maximum absolute atomic E-state index is 11.9. The Labute approximate surface area is 63.1 Å². The summed E-state index contributed by atoms with van der Waals surface area (Å²) >= 11 is 0. The van der Waals surface area contributed by atoms with Gasteiger partial charge in [0.15, 0.2) is 0 Å². The van der Waals surface area contributed by atoms with Gasteiger partial charge in [-0.25, -0.2) is 4.31 Å². The van der Waals surface area contributed by atoms with Gasteiger partial charge in [0.1, 0.15) is 0 Å². The van der Waals surface area contributed by atoms with Gasteiger partial charge in [-0.2, -0.15) is 8.42 Å². The van der Waals surface area contributed by atoms with E-state index in [1.807, 2.05) is 0 Å². The molecule has 5 nitrogen and oxygen atoms in total. The molecule has 0 spiro atoms. The Bertz CT molecular complexity index is 282. The van der Waals surface area contributed by atoms with E-state index in [1.165, 1.54) is 0 Å².